The SMILES string of the molecule is C=Nn1c(-c2ccc(N3CC(N)CC3=C)cc2)cnc1/C=C\C.CC.CC.CCc1cccc(F)c1. The van der Waals surface area contributed by atoms with Gasteiger partial charge in [0.1, 0.15) is 5.82 Å². The van der Waals surface area contributed by atoms with E-state index in [-0.39, 0.29) is 11.9 Å². The van der Waals surface area contributed by atoms with Crippen LogP contribution < -0.4 is 10.6 Å². The van der Waals surface area contributed by atoms with Crippen LogP contribution in [-0.4, -0.2) is 29.0 Å². The van der Waals surface area contributed by atoms with Gasteiger partial charge in [0, 0.05) is 42.7 Å². The van der Waals surface area contributed by atoms with E-state index in [4.69, 9.17) is 5.73 Å². The number of benzene rings is 2. The number of allylic oxidation sites excluding steroid dienone is 1. The monoisotopic (exact) mass is 491 g/mol. The van der Waals surface area contributed by atoms with Gasteiger partial charge in [0.15, 0.2) is 5.82 Å². The van der Waals surface area contributed by atoms with E-state index >= 15 is 0 Å². The zero-order valence-corrected chi connectivity index (χ0v) is 22.7. The molecule has 6 heteroatoms. The first kappa shape index (κ1) is 30.5. The van der Waals surface area contributed by atoms with Gasteiger partial charge in [-0.1, -0.05) is 71.5 Å². The van der Waals surface area contributed by atoms with Crippen LogP contribution in [0.1, 0.15) is 59.4 Å². The van der Waals surface area contributed by atoms with Crippen LogP contribution in [0.3, 0.4) is 0 Å². The number of anilines is 1. The van der Waals surface area contributed by atoms with Gasteiger partial charge in [-0.05, 0) is 49.2 Å². The maximum atomic E-state index is 12.4. The van der Waals surface area contributed by atoms with E-state index in [1.165, 1.54) is 6.07 Å². The maximum absolute atomic E-state index is 12.4. The number of rotatable bonds is 5. The summed E-state index contributed by atoms with van der Waals surface area (Å²) in [5.74, 6) is 0.620. The molecule has 2 aromatic carbocycles. The van der Waals surface area contributed by atoms with Crippen molar-refractivity contribution in [3.8, 4) is 11.3 Å². The number of nitrogens with zero attached hydrogens (tertiary/aromatic N) is 4. The van der Waals surface area contributed by atoms with Crippen LogP contribution in [0.5, 0.6) is 0 Å². The van der Waals surface area contributed by atoms with Crippen molar-refractivity contribution in [2.75, 3.05) is 11.4 Å². The third-order valence-electron chi connectivity index (χ3n) is 5.29. The van der Waals surface area contributed by atoms with E-state index in [0.29, 0.717) is 0 Å². The number of nitrogens with two attached hydrogens (primary N) is 1. The van der Waals surface area contributed by atoms with Gasteiger partial charge in [0.05, 0.1) is 11.9 Å². The molecule has 1 aliphatic rings. The first-order valence-corrected chi connectivity index (χ1v) is 12.7. The molecule has 1 aliphatic heterocycles. The van der Waals surface area contributed by atoms with Crippen LogP contribution in [0.4, 0.5) is 10.1 Å². The van der Waals surface area contributed by atoms with Crippen molar-refractivity contribution in [1.82, 2.24) is 9.66 Å². The highest BCUT2D eigenvalue weighted by molar-refractivity contribution is 5.66. The number of hydrogen-bond donors (Lipinski definition) is 1. The molecule has 1 saturated heterocycles. The molecule has 1 aromatic heterocycles. The molecule has 0 aliphatic carbocycles. The molecule has 1 fully saturated rings. The summed E-state index contributed by atoms with van der Waals surface area (Å²) >= 11 is 0. The smallest absolute Gasteiger partial charge is 0.153 e. The first-order valence-electron chi connectivity index (χ1n) is 12.7. The molecule has 4 rings (SSSR count). The highest BCUT2D eigenvalue weighted by Crippen LogP contribution is 2.29. The second-order valence-electron chi connectivity index (χ2n) is 7.63. The van der Waals surface area contributed by atoms with Crippen molar-refractivity contribution in [1.29, 1.82) is 0 Å². The van der Waals surface area contributed by atoms with Gasteiger partial charge < -0.3 is 10.6 Å². The third kappa shape index (κ3) is 8.31. The van der Waals surface area contributed by atoms with Crippen LogP contribution in [0.25, 0.3) is 17.3 Å². The summed E-state index contributed by atoms with van der Waals surface area (Å²) in [6, 6.07) is 15.1. The predicted molar refractivity (Wildman–Crippen MR) is 155 cm³/mol. The van der Waals surface area contributed by atoms with Crippen LogP contribution in [0.15, 0.2) is 78.2 Å². The normalized spacial score (nSPS) is 14.3. The summed E-state index contributed by atoms with van der Waals surface area (Å²) in [6.45, 7) is 20.5. The Labute approximate surface area is 216 Å². The second-order valence-corrected chi connectivity index (χ2v) is 7.63. The summed E-state index contributed by atoms with van der Waals surface area (Å²) in [5.41, 5.74) is 11.2. The van der Waals surface area contributed by atoms with E-state index in [1.54, 1.807) is 16.8 Å². The summed E-state index contributed by atoms with van der Waals surface area (Å²) in [5, 5.41) is 4.06. The topological polar surface area (TPSA) is 59.4 Å². The molecular formula is C30H42FN5. The fraction of sp³-hybridized carbons (Fsp3) is 0.333. The Balaban J connectivity index is 0.000000417. The quantitative estimate of drug-likeness (QED) is 0.375. The zero-order valence-electron chi connectivity index (χ0n) is 22.7. The molecule has 0 radical (unpaired) electrons. The van der Waals surface area contributed by atoms with Gasteiger partial charge >= 0.3 is 0 Å². The number of imidazole rings is 1. The molecule has 2 N–H and O–H groups in total. The van der Waals surface area contributed by atoms with Crippen LogP contribution in [0, 0.1) is 5.82 Å². The van der Waals surface area contributed by atoms with Crippen LogP contribution in [0.2, 0.25) is 0 Å². The average Bonchev–Trinajstić information content (AvgIpc) is 3.48. The molecule has 194 valence electrons. The van der Waals surface area contributed by atoms with E-state index in [0.717, 1.165) is 53.4 Å². The minimum absolute atomic E-state index is 0.144. The lowest BCUT2D eigenvalue weighted by molar-refractivity contribution is 0.625. The van der Waals surface area contributed by atoms with E-state index in [9.17, 15) is 4.39 Å². The van der Waals surface area contributed by atoms with Crippen molar-refractivity contribution in [2.24, 2.45) is 10.8 Å². The Bertz CT molecular complexity index is 1100. The predicted octanol–water partition coefficient (Wildman–Crippen LogP) is 7.54. The van der Waals surface area contributed by atoms with Crippen molar-refractivity contribution in [3.63, 3.8) is 0 Å². The van der Waals surface area contributed by atoms with E-state index in [1.807, 2.05) is 66.0 Å². The Morgan fingerprint density at radius 3 is 2.28 bits per heavy atom. The minimum Gasteiger partial charge on any atom is -0.344 e. The number of halogens is 1. The molecule has 5 nitrogen and oxygen atoms in total. The fourth-order valence-corrected chi connectivity index (χ4v) is 3.67. The molecule has 3 aromatic rings. The zero-order chi connectivity index (χ0) is 27.1. The lowest BCUT2D eigenvalue weighted by Crippen LogP contribution is -2.25. The number of hydrogen-bond acceptors (Lipinski definition) is 4. The number of aromatic nitrogens is 2. The van der Waals surface area contributed by atoms with Gasteiger partial charge in [-0.15, -0.1) is 0 Å². The minimum atomic E-state index is -0.144. The van der Waals surface area contributed by atoms with Crippen molar-refractivity contribution < 1.29 is 4.39 Å². The largest absolute Gasteiger partial charge is 0.344 e. The Kier molecular flexibility index (Phi) is 13.7. The molecule has 2 heterocycles. The molecule has 0 bridgehead atoms. The molecular weight excluding hydrogens is 449 g/mol. The molecule has 1 atom stereocenters. The first-order chi connectivity index (χ1) is 17.5. The van der Waals surface area contributed by atoms with Crippen molar-refractivity contribution in [3.05, 3.63) is 90.3 Å². The third-order valence-corrected chi connectivity index (χ3v) is 5.29. The van der Waals surface area contributed by atoms with Gasteiger partial charge in [-0.2, -0.15) is 5.10 Å². The highest BCUT2D eigenvalue weighted by atomic mass is 19.1. The summed E-state index contributed by atoms with van der Waals surface area (Å²) in [6.07, 6.45) is 7.39. The summed E-state index contributed by atoms with van der Waals surface area (Å²) in [4.78, 5) is 6.55. The van der Waals surface area contributed by atoms with Gasteiger partial charge in [-0.3, -0.25) is 0 Å². The molecule has 0 amide bonds. The van der Waals surface area contributed by atoms with E-state index in [2.05, 4.69) is 52.5 Å². The fourth-order valence-electron chi connectivity index (χ4n) is 3.67. The molecule has 0 saturated carbocycles. The lowest BCUT2D eigenvalue weighted by Gasteiger charge is -2.19. The van der Waals surface area contributed by atoms with E-state index < -0.39 is 0 Å². The van der Waals surface area contributed by atoms with Gasteiger partial charge in [-0.25, -0.2) is 14.1 Å². The van der Waals surface area contributed by atoms with Gasteiger partial charge in [0.25, 0.3) is 0 Å². The van der Waals surface area contributed by atoms with Crippen LogP contribution in [-0.2, 0) is 6.42 Å². The van der Waals surface area contributed by atoms with Crippen molar-refractivity contribution in [2.45, 2.75) is 60.4 Å². The Morgan fingerprint density at radius 2 is 1.81 bits per heavy atom. The highest BCUT2D eigenvalue weighted by Gasteiger charge is 2.23. The second kappa shape index (κ2) is 16.2. The number of aryl methyl sites for hydroxylation is 1. The Hall–Kier alpha value is -3.51. The van der Waals surface area contributed by atoms with Crippen LogP contribution >= 0.6 is 0 Å². The molecule has 1 unspecified atom stereocenters. The standard InChI is InChI=1S/C18H21N5.C8H9F.2C2H6/c1-4-5-18-21-11-17(23(18)20-3)14-6-8-16(9-7-14)22-12-15(19)10-13(22)2;1-2-7-4-3-5-8(9)6-7;2*1-2/h4-9,11,15H,2-3,10,12,19H2,1H3;3-6H,2H2,1H3;2*1-2H3/b5-4-;;;. The maximum Gasteiger partial charge on any atom is 0.153 e. The van der Waals surface area contributed by atoms with Crippen molar-refractivity contribution >= 4 is 18.5 Å². The summed E-state index contributed by atoms with van der Waals surface area (Å²) in [7, 11) is 0. The molecule has 36 heavy (non-hydrogen) atoms. The lowest BCUT2D eigenvalue weighted by atomic mass is 10.1. The average molecular weight is 492 g/mol. The Morgan fingerprint density at radius 1 is 1.14 bits per heavy atom. The molecule has 0 spiro atoms. The van der Waals surface area contributed by atoms with Gasteiger partial charge in [0.2, 0.25) is 0 Å². The summed E-state index contributed by atoms with van der Waals surface area (Å²) < 4.78 is 14.1.